The Labute approximate surface area is 67.0 Å². The van der Waals surface area contributed by atoms with Gasteiger partial charge in [0.2, 0.25) is 0 Å². The third-order valence-electron chi connectivity index (χ3n) is 1.74. The zero-order valence-electron chi connectivity index (χ0n) is 6.60. The fourth-order valence-electron chi connectivity index (χ4n) is 1.13. The second-order valence-corrected chi connectivity index (χ2v) is 2.66. The van der Waals surface area contributed by atoms with Crippen molar-refractivity contribution in [2.45, 2.75) is 19.3 Å². The number of nitrogens with one attached hydrogen (secondary N) is 1. The first-order valence-electron chi connectivity index (χ1n) is 3.94. The molecule has 0 aromatic heterocycles. The summed E-state index contributed by atoms with van der Waals surface area (Å²) in [4.78, 5) is 10.8. The molecule has 0 aliphatic carbocycles. The van der Waals surface area contributed by atoms with Crippen molar-refractivity contribution in [3.05, 3.63) is 24.4 Å². The summed E-state index contributed by atoms with van der Waals surface area (Å²) in [6.45, 7) is 4.40. The molecule has 1 rings (SSSR count). The van der Waals surface area contributed by atoms with Crippen molar-refractivity contribution in [3.8, 4) is 0 Å². The van der Waals surface area contributed by atoms with E-state index >= 15 is 0 Å². The van der Waals surface area contributed by atoms with Crippen LogP contribution in [-0.4, -0.2) is 12.3 Å². The van der Waals surface area contributed by atoms with Crippen molar-refractivity contribution in [3.63, 3.8) is 0 Å². The van der Waals surface area contributed by atoms with Crippen LogP contribution in [0, 0.1) is 0 Å². The van der Waals surface area contributed by atoms with Crippen LogP contribution in [0.5, 0.6) is 0 Å². The van der Waals surface area contributed by atoms with E-state index in [-0.39, 0.29) is 5.78 Å². The molecule has 1 saturated heterocycles. The van der Waals surface area contributed by atoms with Crippen molar-refractivity contribution in [2.24, 2.45) is 0 Å². The Morgan fingerprint density at radius 2 is 2.36 bits per heavy atom. The highest BCUT2D eigenvalue weighted by atomic mass is 16.1. The number of hydrogen-bond donors (Lipinski definition) is 1. The molecular formula is C9H13NO. The molecule has 1 aliphatic heterocycles. The van der Waals surface area contributed by atoms with Gasteiger partial charge in [0.1, 0.15) is 0 Å². The summed E-state index contributed by atoms with van der Waals surface area (Å²) in [7, 11) is 0. The molecule has 0 bridgehead atoms. The molecular weight excluding hydrogens is 138 g/mol. The summed E-state index contributed by atoms with van der Waals surface area (Å²) in [5.74, 6) is -0.00519. The SMILES string of the molecule is C=CC(=O)/C=C1/CCCCN1. The van der Waals surface area contributed by atoms with E-state index in [1.165, 1.54) is 18.9 Å². The lowest BCUT2D eigenvalue weighted by Gasteiger charge is -2.15. The average Bonchev–Trinajstić information content (AvgIpc) is 2.06. The summed E-state index contributed by atoms with van der Waals surface area (Å²) < 4.78 is 0. The maximum atomic E-state index is 10.8. The lowest BCUT2D eigenvalue weighted by atomic mass is 10.1. The van der Waals surface area contributed by atoms with E-state index < -0.39 is 0 Å². The Hall–Kier alpha value is -1.05. The Morgan fingerprint density at radius 1 is 1.55 bits per heavy atom. The highest BCUT2D eigenvalue weighted by molar-refractivity contribution is 5.99. The minimum atomic E-state index is -0.00519. The molecule has 0 saturated carbocycles. The predicted octanol–water partition coefficient (Wildman–Crippen LogP) is 1.40. The number of hydrogen-bond acceptors (Lipinski definition) is 2. The zero-order valence-corrected chi connectivity index (χ0v) is 6.60. The predicted molar refractivity (Wildman–Crippen MR) is 45.1 cm³/mol. The van der Waals surface area contributed by atoms with Crippen LogP contribution in [0.15, 0.2) is 24.4 Å². The minimum absolute atomic E-state index is 0.00519. The molecule has 1 N–H and O–H groups in total. The Kier molecular flexibility index (Phi) is 2.90. The molecule has 1 fully saturated rings. The first-order chi connectivity index (χ1) is 5.33. The van der Waals surface area contributed by atoms with Gasteiger partial charge in [0.15, 0.2) is 5.78 Å². The van der Waals surface area contributed by atoms with E-state index in [9.17, 15) is 4.79 Å². The van der Waals surface area contributed by atoms with Gasteiger partial charge in [-0.2, -0.15) is 0 Å². The Morgan fingerprint density at radius 3 is 2.91 bits per heavy atom. The van der Waals surface area contributed by atoms with Crippen LogP contribution in [0.3, 0.4) is 0 Å². The summed E-state index contributed by atoms with van der Waals surface area (Å²) in [5.41, 5.74) is 1.06. The van der Waals surface area contributed by atoms with Gasteiger partial charge in [-0.05, 0) is 25.3 Å². The molecule has 0 aromatic carbocycles. The smallest absolute Gasteiger partial charge is 0.179 e. The van der Waals surface area contributed by atoms with E-state index in [0.717, 1.165) is 18.7 Å². The summed E-state index contributed by atoms with van der Waals surface area (Å²) in [6.07, 6.45) is 6.36. The van der Waals surface area contributed by atoms with Crippen LogP contribution >= 0.6 is 0 Å². The molecule has 11 heavy (non-hydrogen) atoms. The van der Waals surface area contributed by atoms with Crippen LogP contribution in [0.2, 0.25) is 0 Å². The highest BCUT2D eigenvalue weighted by Crippen LogP contribution is 2.09. The van der Waals surface area contributed by atoms with Crippen molar-refractivity contribution in [1.29, 1.82) is 0 Å². The van der Waals surface area contributed by atoms with Gasteiger partial charge in [0, 0.05) is 18.3 Å². The highest BCUT2D eigenvalue weighted by Gasteiger charge is 2.03. The van der Waals surface area contributed by atoms with Crippen molar-refractivity contribution >= 4 is 5.78 Å². The molecule has 0 unspecified atom stereocenters. The normalized spacial score (nSPS) is 20.9. The number of allylic oxidation sites excluding steroid dienone is 3. The van der Waals surface area contributed by atoms with Crippen LogP contribution in [0.4, 0.5) is 0 Å². The van der Waals surface area contributed by atoms with Crippen molar-refractivity contribution < 1.29 is 4.79 Å². The first kappa shape index (κ1) is 8.05. The van der Waals surface area contributed by atoms with Gasteiger partial charge in [-0.3, -0.25) is 4.79 Å². The molecule has 1 heterocycles. The third kappa shape index (κ3) is 2.58. The maximum Gasteiger partial charge on any atom is 0.179 e. The van der Waals surface area contributed by atoms with E-state index in [0.29, 0.717) is 0 Å². The van der Waals surface area contributed by atoms with Gasteiger partial charge >= 0.3 is 0 Å². The van der Waals surface area contributed by atoms with Crippen LogP contribution in [0.1, 0.15) is 19.3 Å². The van der Waals surface area contributed by atoms with E-state index in [1.54, 1.807) is 6.08 Å². The molecule has 2 nitrogen and oxygen atoms in total. The van der Waals surface area contributed by atoms with Crippen LogP contribution in [0.25, 0.3) is 0 Å². The lowest BCUT2D eigenvalue weighted by Crippen LogP contribution is -2.20. The molecule has 2 heteroatoms. The molecule has 0 spiro atoms. The summed E-state index contributed by atoms with van der Waals surface area (Å²) >= 11 is 0. The first-order valence-corrected chi connectivity index (χ1v) is 3.94. The summed E-state index contributed by atoms with van der Waals surface area (Å²) in [5, 5.41) is 3.18. The lowest BCUT2D eigenvalue weighted by molar-refractivity contribution is -0.110. The fourth-order valence-corrected chi connectivity index (χ4v) is 1.13. The zero-order chi connectivity index (χ0) is 8.10. The minimum Gasteiger partial charge on any atom is -0.388 e. The van der Waals surface area contributed by atoms with Gasteiger partial charge in [-0.25, -0.2) is 0 Å². The Balaban J connectivity index is 2.49. The average molecular weight is 151 g/mol. The number of piperidine rings is 1. The molecule has 60 valence electrons. The number of carbonyl (C=O) groups is 1. The van der Waals surface area contributed by atoms with Gasteiger partial charge in [0.25, 0.3) is 0 Å². The maximum absolute atomic E-state index is 10.8. The standard InChI is InChI=1S/C9H13NO/c1-2-9(11)7-8-5-3-4-6-10-8/h2,7,10H,1,3-6H2/b8-7-. The van der Waals surface area contributed by atoms with Crippen LogP contribution < -0.4 is 5.32 Å². The van der Waals surface area contributed by atoms with E-state index in [2.05, 4.69) is 11.9 Å². The second-order valence-electron chi connectivity index (χ2n) is 2.66. The van der Waals surface area contributed by atoms with Crippen LogP contribution in [-0.2, 0) is 4.79 Å². The van der Waals surface area contributed by atoms with Crippen molar-refractivity contribution in [1.82, 2.24) is 5.32 Å². The van der Waals surface area contributed by atoms with E-state index in [4.69, 9.17) is 0 Å². The molecule has 0 amide bonds. The molecule has 1 aliphatic rings. The number of ketones is 1. The number of carbonyl (C=O) groups excluding carboxylic acids is 1. The molecule has 0 radical (unpaired) electrons. The quantitative estimate of drug-likeness (QED) is 0.604. The van der Waals surface area contributed by atoms with Gasteiger partial charge in [-0.1, -0.05) is 6.58 Å². The van der Waals surface area contributed by atoms with Gasteiger partial charge < -0.3 is 5.32 Å². The topological polar surface area (TPSA) is 29.1 Å². The van der Waals surface area contributed by atoms with Gasteiger partial charge in [0.05, 0.1) is 0 Å². The Bertz CT molecular complexity index is 186. The molecule has 0 aromatic rings. The third-order valence-corrected chi connectivity index (χ3v) is 1.74. The van der Waals surface area contributed by atoms with E-state index in [1.807, 2.05) is 0 Å². The largest absolute Gasteiger partial charge is 0.388 e. The molecule has 0 atom stereocenters. The second kappa shape index (κ2) is 3.96. The number of rotatable bonds is 2. The monoisotopic (exact) mass is 151 g/mol. The van der Waals surface area contributed by atoms with Gasteiger partial charge in [-0.15, -0.1) is 0 Å². The fraction of sp³-hybridized carbons (Fsp3) is 0.444. The van der Waals surface area contributed by atoms with Crippen molar-refractivity contribution in [2.75, 3.05) is 6.54 Å². The summed E-state index contributed by atoms with van der Waals surface area (Å²) in [6, 6.07) is 0.